The molecule has 1 spiro atoms. The summed E-state index contributed by atoms with van der Waals surface area (Å²) in [7, 11) is 0. The lowest BCUT2D eigenvalue weighted by atomic mass is 9.87. The Balaban J connectivity index is 1.45. The number of ether oxygens (including phenoxy) is 1. The largest absolute Gasteiger partial charge is 0.456 e. The maximum atomic E-state index is 12.8. The van der Waals surface area contributed by atoms with Gasteiger partial charge in [-0.2, -0.15) is 0 Å². The van der Waals surface area contributed by atoms with Crippen molar-refractivity contribution in [3.8, 4) is 0 Å². The van der Waals surface area contributed by atoms with Crippen molar-refractivity contribution in [2.45, 2.75) is 19.9 Å². The zero-order valence-corrected chi connectivity index (χ0v) is 15.4. The number of carbonyl (C=O) groups is 1. The van der Waals surface area contributed by atoms with E-state index >= 15 is 0 Å². The molecule has 0 bridgehead atoms. The number of thiophene rings is 1. The number of hydrogen-bond donors (Lipinski definition) is 0. The van der Waals surface area contributed by atoms with E-state index in [0.29, 0.717) is 18.9 Å². The Morgan fingerprint density at radius 1 is 1.28 bits per heavy atom. The molecule has 1 atom stereocenters. The van der Waals surface area contributed by atoms with Crippen molar-refractivity contribution in [2.75, 3.05) is 39.4 Å². The number of rotatable bonds is 3. The first-order valence-corrected chi connectivity index (χ1v) is 9.70. The van der Waals surface area contributed by atoms with Crippen LogP contribution < -0.4 is 0 Å². The predicted molar refractivity (Wildman–Crippen MR) is 96.8 cm³/mol. The average molecular weight is 360 g/mol. The molecule has 2 fully saturated rings. The van der Waals surface area contributed by atoms with Crippen LogP contribution in [0.3, 0.4) is 0 Å². The van der Waals surface area contributed by atoms with Crippen molar-refractivity contribution in [3.63, 3.8) is 0 Å². The van der Waals surface area contributed by atoms with Crippen molar-refractivity contribution < 1.29 is 13.9 Å². The van der Waals surface area contributed by atoms with Gasteiger partial charge in [0.05, 0.1) is 13.2 Å². The topological polar surface area (TPSA) is 45.9 Å². The third-order valence-corrected chi connectivity index (χ3v) is 6.02. The second-order valence-electron chi connectivity index (χ2n) is 7.23. The molecule has 2 aliphatic rings. The van der Waals surface area contributed by atoms with Gasteiger partial charge in [-0.25, -0.2) is 0 Å². The smallest absolute Gasteiger partial charge is 0.289 e. The molecule has 0 N–H and O–H groups in total. The minimum atomic E-state index is -0.0188. The average Bonchev–Trinajstić information content (AvgIpc) is 3.30. The molecule has 0 radical (unpaired) electrons. The Morgan fingerprint density at radius 3 is 2.96 bits per heavy atom. The Labute approximate surface area is 152 Å². The summed E-state index contributed by atoms with van der Waals surface area (Å²) in [5, 5.41) is 2.13. The molecule has 0 aromatic carbocycles. The Hall–Kier alpha value is -1.63. The summed E-state index contributed by atoms with van der Waals surface area (Å²) < 4.78 is 11.4. The van der Waals surface area contributed by atoms with E-state index < -0.39 is 0 Å². The van der Waals surface area contributed by atoms with Gasteiger partial charge in [-0.05, 0) is 43.5 Å². The fraction of sp³-hybridized carbons (Fsp3) is 0.526. The molecule has 4 rings (SSSR count). The maximum Gasteiger partial charge on any atom is 0.289 e. The number of carbonyl (C=O) groups excluding carboxylic acids is 1. The highest BCUT2D eigenvalue weighted by atomic mass is 32.1. The SMILES string of the molecule is Cc1ccc(C(=O)N2CCOC[C@]3(CCN(Cc4cccs4)C3)C2)o1. The van der Waals surface area contributed by atoms with Crippen LogP contribution in [0.2, 0.25) is 0 Å². The Kier molecular flexibility index (Phi) is 4.67. The van der Waals surface area contributed by atoms with E-state index in [4.69, 9.17) is 9.15 Å². The highest BCUT2D eigenvalue weighted by Gasteiger charge is 2.42. The van der Waals surface area contributed by atoms with E-state index in [2.05, 4.69) is 22.4 Å². The molecule has 25 heavy (non-hydrogen) atoms. The molecular formula is C19H24N2O3S. The highest BCUT2D eigenvalue weighted by Crippen LogP contribution is 2.35. The lowest BCUT2D eigenvalue weighted by molar-refractivity contribution is 0.0624. The van der Waals surface area contributed by atoms with Crippen molar-refractivity contribution in [1.29, 1.82) is 0 Å². The second-order valence-corrected chi connectivity index (χ2v) is 8.26. The molecular weight excluding hydrogens is 336 g/mol. The number of aryl methyl sites for hydroxylation is 1. The minimum absolute atomic E-state index is 0.0188. The van der Waals surface area contributed by atoms with Crippen LogP contribution in [-0.4, -0.2) is 55.1 Å². The zero-order valence-electron chi connectivity index (χ0n) is 14.6. The highest BCUT2D eigenvalue weighted by molar-refractivity contribution is 7.09. The maximum absolute atomic E-state index is 12.8. The van der Waals surface area contributed by atoms with Gasteiger partial charge in [-0.15, -0.1) is 11.3 Å². The van der Waals surface area contributed by atoms with Gasteiger partial charge in [-0.1, -0.05) is 6.07 Å². The molecule has 5 nitrogen and oxygen atoms in total. The molecule has 2 aromatic heterocycles. The van der Waals surface area contributed by atoms with E-state index in [-0.39, 0.29) is 11.3 Å². The first-order valence-electron chi connectivity index (χ1n) is 8.82. The number of hydrogen-bond acceptors (Lipinski definition) is 5. The molecule has 1 amide bonds. The normalized spacial score (nSPS) is 24.8. The number of likely N-dealkylation sites (tertiary alicyclic amines) is 1. The van der Waals surface area contributed by atoms with Gasteiger partial charge in [0.25, 0.3) is 5.91 Å². The third-order valence-electron chi connectivity index (χ3n) is 5.16. The first-order chi connectivity index (χ1) is 12.1. The van der Waals surface area contributed by atoms with Crippen molar-refractivity contribution in [3.05, 3.63) is 46.0 Å². The molecule has 0 unspecified atom stereocenters. The Bertz CT molecular complexity index is 727. The zero-order chi connectivity index (χ0) is 17.3. The van der Waals surface area contributed by atoms with Crippen LogP contribution in [-0.2, 0) is 11.3 Å². The fourth-order valence-corrected chi connectivity index (χ4v) is 4.65. The van der Waals surface area contributed by atoms with E-state index in [9.17, 15) is 4.79 Å². The van der Waals surface area contributed by atoms with Crippen molar-refractivity contribution in [1.82, 2.24) is 9.80 Å². The van der Waals surface area contributed by atoms with Gasteiger partial charge in [0.15, 0.2) is 5.76 Å². The lowest BCUT2D eigenvalue weighted by Crippen LogP contribution is -2.43. The quantitative estimate of drug-likeness (QED) is 0.844. The minimum Gasteiger partial charge on any atom is -0.456 e. The summed E-state index contributed by atoms with van der Waals surface area (Å²) >= 11 is 1.80. The van der Waals surface area contributed by atoms with Gasteiger partial charge in [0.1, 0.15) is 5.76 Å². The van der Waals surface area contributed by atoms with Gasteiger partial charge in [0.2, 0.25) is 0 Å². The van der Waals surface area contributed by atoms with Gasteiger partial charge in [-0.3, -0.25) is 9.69 Å². The summed E-state index contributed by atoms with van der Waals surface area (Å²) in [5.74, 6) is 1.18. The van der Waals surface area contributed by atoms with E-state index in [1.807, 2.05) is 17.9 Å². The van der Waals surface area contributed by atoms with Crippen LogP contribution in [0.5, 0.6) is 0 Å². The van der Waals surface area contributed by atoms with Gasteiger partial charge in [0, 0.05) is 36.5 Å². The summed E-state index contributed by atoms with van der Waals surface area (Å²) in [4.78, 5) is 18.6. The number of nitrogens with zero attached hydrogens (tertiary/aromatic N) is 2. The lowest BCUT2D eigenvalue weighted by Gasteiger charge is -2.31. The summed E-state index contributed by atoms with van der Waals surface area (Å²) in [6, 6.07) is 7.91. The van der Waals surface area contributed by atoms with E-state index in [1.54, 1.807) is 17.4 Å². The standard InChI is InChI=1S/C19H24N2O3S/c1-15-4-5-17(24-15)18(22)21-8-9-23-14-19(13-21)6-7-20(12-19)11-16-3-2-10-25-16/h2-5,10H,6-9,11-14H2,1H3/t19-/m0/s1. The van der Waals surface area contributed by atoms with E-state index in [1.165, 1.54) is 4.88 Å². The molecule has 2 aromatic rings. The monoisotopic (exact) mass is 360 g/mol. The summed E-state index contributed by atoms with van der Waals surface area (Å²) in [6.07, 6.45) is 1.07. The number of furan rings is 1. The molecule has 6 heteroatoms. The summed E-state index contributed by atoms with van der Waals surface area (Å²) in [6.45, 7) is 7.59. The van der Waals surface area contributed by atoms with Crippen LogP contribution in [0.1, 0.15) is 27.6 Å². The molecule has 134 valence electrons. The van der Waals surface area contributed by atoms with Crippen LogP contribution in [0.4, 0.5) is 0 Å². The molecule has 2 aliphatic heterocycles. The third kappa shape index (κ3) is 3.66. The molecule has 0 saturated carbocycles. The number of amides is 1. The molecule has 4 heterocycles. The predicted octanol–water partition coefficient (Wildman–Crippen LogP) is 3.01. The van der Waals surface area contributed by atoms with Crippen LogP contribution in [0, 0.1) is 12.3 Å². The van der Waals surface area contributed by atoms with E-state index in [0.717, 1.165) is 45.0 Å². The van der Waals surface area contributed by atoms with Crippen molar-refractivity contribution >= 4 is 17.2 Å². The first kappa shape index (κ1) is 16.8. The van der Waals surface area contributed by atoms with Crippen molar-refractivity contribution in [2.24, 2.45) is 5.41 Å². The Morgan fingerprint density at radius 2 is 2.20 bits per heavy atom. The van der Waals surface area contributed by atoms with Crippen LogP contribution in [0.15, 0.2) is 34.1 Å². The van der Waals surface area contributed by atoms with Gasteiger partial charge < -0.3 is 14.1 Å². The van der Waals surface area contributed by atoms with Crippen LogP contribution in [0.25, 0.3) is 0 Å². The summed E-state index contributed by atoms with van der Waals surface area (Å²) in [5.41, 5.74) is 0.0328. The van der Waals surface area contributed by atoms with Gasteiger partial charge >= 0.3 is 0 Å². The molecule has 2 saturated heterocycles. The second kappa shape index (κ2) is 6.94. The van der Waals surface area contributed by atoms with Crippen LogP contribution >= 0.6 is 11.3 Å². The molecule has 0 aliphatic carbocycles. The fourth-order valence-electron chi connectivity index (χ4n) is 3.90.